The van der Waals surface area contributed by atoms with Gasteiger partial charge in [0, 0.05) is 24.3 Å². The van der Waals surface area contributed by atoms with Crippen molar-refractivity contribution in [2.45, 2.75) is 13.1 Å². The van der Waals surface area contributed by atoms with Crippen LogP contribution in [0.4, 0.5) is 0 Å². The molecule has 0 bridgehead atoms. The number of benzene rings is 1. The number of pyridine rings is 2. The van der Waals surface area contributed by atoms with Crippen LogP contribution in [0.5, 0.6) is 0 Å². The standard InChI is InChI=1S/C18H18N2/c1-16-8-10-17(11-9-16)18(19-12-4-2-5-13-19)20-14-6-3-7-15-20/h2-15,18H,1H3/q+2. The Morgan fingerprint density at radius 2 is 1.10 bits per heavy atom. The van der Waals surface area contributed by atoms with Crippen LogP contribution < -0.4 is 9.13 Å². The lowest BCUT2D eigenvalue weighted by Gasteiger charge is -2.08. The molecule has 20 heavy (non-hydrogen) atoms. The highest BCUT2D eigenvalue weighted by molar-refractivity contribution is 5.21. The quantitative estimate of drug-likeness (QED) is 0.641. The molecule has 0 fully saturated rings. The fraction of sp³-hybridized carbons (Fsp3) is 0.111. The lowest BCUT2D eigenvalue weighted by Crippen LogP contribution is -2.57. The topological polar surface area (TPSA) is 7.76 Å². The van der Waals surface area contributed by atoms with E-state index in [9.17, 15) is 0 Å². The van der Waals surface area contributed by atoms with E-state index in [-0.39, 0.29) is 6.17 Å². The average molecular weight is 262 g/mol. The Bertz CT molecular complexity index is 621. The Morgan fingerprint density at radius 1 is 0.650 bits per heavy atom. The summed E-state index contributed by atoms with van der Waals surface area (Å²) in [4.78, 5) is 0. The van der Waals surface area contributed by atoms with Gasteiger partial charge in [-0.2, -0.15) is 0 Å². The maximum atomic E-state index is 2.21. The monoisotopic (exact) mass is 262 g/mol. The van der Waals surface area contributed by atoms with E-state index in [1.807, 2.05) is 12.1 Å². The fourth-order valence-electron chi connectivity index (χ4n) is 2.39. The summed E-state index contributed by atoms with van der Waals surface area (Å²) in [5.41, 5.74) is 2.55. The Hall–Kier alpha value is -2.48. The van der Waals surface area contributed by atoms with E-state index in [4.69, 9.17) is 0 Å². The maximum absolute atomic E-state index is 2.21. The Kier molecular flexibility index (Phi) is 3.55. The van der Waals surface area contributed by atoms with Gasteiger partial charge in [-0.25, -0.2) is 0 Å². The van der Waals surface area contributed by atoms with Crippen molar-refractivity contribution in [3.05, 3.63) is 96.6 Å². The molecule has 98 valence electrons. The smallest absolute Gasteiger partial charge is 0.140 e. The van der Waals surface area contributed by atoms with E-state index in [1.165, 1.54) is 11.1 Å². The highest BCUT2D eigenvalue weighted by Gasteiger charge is 2.28. The largest absolute Gasteiger partial charge is 0.379 e. The average Bonchev–Trinajstić information content (AvgIpc) is 2.52. The van der Waals surface area contributed by atoms with Crippen LogP contribution in [-0.4, -0.2) is 0 Å². The van der Waals surface area contributed by atoms with Crippen LogP contribution in [0, 0.1) is 6.92 Å². The second-order valence-corrected chi connectivity index (χ2v) is 4.93. The molecule has 0 saturated carbocycles. The molecule has 0 spiro atoms. The van der Waals surface area contributed by atoms with Crippen molar-refractivity contribution in [2.24, 2.45) is 0 Å². The molecule has 0 saturated heterocycles. The van der Waals surface area contributed by atoms with Crippen LogP contribution in [-0.2, 0) is 0 Å². The first kappa shape index (κ1) is 12.5. The zero-order valence-corrected chi connectivity index (χ0v) is 11.6. The number of hydrogen-bond donors (Lipinski definition) is 0. The lowest BCUT2D eigenvalue weighted by atomic mass is 10.1. The van der Waals surface area contributed by atoms with Crippen LogP contribution in [0.25, 0.3) is 0 Å². The summed E-state index contributed by atoms with van der Waals surface area (Å²) in [6.07, 6.45) is 8.54. The van der Waals surface area contributed by atoms with Crippen molar-refractivity contribution < 1.29 is 9.13 Å². The van der Waals surface area contributed by atoms with Crippen molar-refractivity contribution in [2.75, 3.05) is 0 Å². The number of hydrogen-bond acceptors (Lipinski definition) is 0. The van der Waals surface area contributed by atoms with Gasteiger partial charge in [-0.3, -0.25) is 0 Å². The molecule has 2 aromatic heterocycles. The van der Waals surface area contributed by atoms with Gasteiger partial charge in [0.15, 0.2) is 24.8 Å². The zero-order chi connectivity index (χ0) is 13.8. The van der Waals surface area contributed by atoms with Crippen molar-refractivity contribution >= 4 is 0 Å². The number of aromatic nitrogens is 2. The predicted octanol–water partition coefficient (Wildman–Crippen LogP) is 2.67. The van der Waals surface area contributed by atoms with Gasteiger partial charge in [-0.15, -0.1) is 9.13 Å². The fourth-order valence-corrected chi connectivity index (χ4v) is 2.39. The summed E-state index contributed by atoms with van der Waals surface area (Å²) < 4.78 is 4.43. The van der Waals surface area contributed by atoms with Crippen molar-refractivity contribution in [1.29, 1.82) is 0 Å². The first-order valence-corrected chi connectivity index (χ1v) is 6.83. The summed E-state index contributed by atoms with van der Waals surface area (Å²) in [5, 5.41) is 0. The summed E-state index contributed by atoms with van der Waals surface area (Å²) in [6, 6.07) is 21.0. The van der Waals surface area contributed by atoms with Crippen LogP contribution >= 0.6 is 0 Å². The molecule has 0 unspecified atom stereocenters. The minimum atomic E-state index is 0.137. The van der Waals surface area contributed by atoms with E-state index in [2.05, 4.69) is 89.4 Å². The van der Waals surface area contributed by atoms with Gasteiger partial charge in [0.2, 0.25) is 0 Å². The minimum absolute atomic E-state index is 0.137. The van der Waals surface area contributed by atoms with E-state index in [0.717, 1.165) is 0 Å². The summed E-state index contributed by atoms with van der Waals surface area (Å²) in [6.45, 7) is 2.12. The molecule has 0 aliphatic heterocycles. The minimum Gasteiger partial charge on any atom is -0.140 e. The SMILES string of the molecule is Cc1ccc(C([n+]2ccccc2)[n+]2ccccc2)cc1. The third-order valence-electron chi connectivity index (χ3n) is 3.42. The molecule has 0 radical (unpaired) electrons. The highest BCUT2D eigenvalue weighted by Crippen LogP contribution is 2.10. The summed E-state index contributed by atoms with van der Waals surface area (Å²) in [7, 11) is 0. The predicted molar refractivity (Wildman–Crippen MR) is 78.0 cm³/mol. The molecule has 0 N–H and O–H groups in total. The maximum Gasteiger partial charge on any atom is 0.379 e. The second kappa shape index (κ2) is 5.66. The van der Waals surface area contributed by atoms with Gasteiger partial charge in [-0.05, 0) is 19.1 Å². The lowest BCUT2D eigenvalue weighted by molar-refractivity contribution is -0.934. The molecule has 0 amide bonds. The Balaban J connectivity index is 2.11. The van der Waals surface area contributed by atoms with E-state index in [1.54, 1.807) is 0 Å². The van der Waals surface area contributed by atoms with Gasteiger partial charge in [0.05, 0.1) is 5.56 Å². The van der Waals surface area contributed by atoms with Gasteiger partial charge < -0.3 is 0 Å². The van der Waals surface area contributed by atoms with E-state index < -0.39 is 0 Å². The van der Waals surface area contributed by atoms with Crippen molar-refractivity contribution in [3.8, 4) is 0 Å². The summed E-state index contributed by atoms with van der Waals surface area (Å²) >= 11 is 0. The van der Waals surface area contributed by atoms with Crippen LogP contribution in [0.2, 0.25) is 0 Å². The highest BCUT2D eigenvalue weighted by atomic mass is 15.2. The van der Waals surface area contributed by atoms with E-state index in [0.29, 0.717) is 0 Å². The van der Waals surface area contributed by atoms with E-state index >= 15 is 0 Å². The Labute approximate surface area is 119 Å². The third kappa shape index (κ3) is 2.59. The first-order valence-electron chi connectivity index (χ1n) is 6.83. The first-order chi connectivity index (χ1) is 9.84. The molecule has 2 heterocycles. The molecule has 3 aromatic rings. The van der Waals surface area contributed by atoms with Gasteiger partial charge >= 0.3 is 6.17 Å². The third-order valence-corrected chi connectivity index (χ3v) is 3.42. The number of rotatable bonds is 3. The zero-order valence-electron chi connectivity index (χ0n) is 11.6. The van der Waals surface area contributed by atoms with Crippen LogP contribution in [0.3, 0.4) is 0 Å². The molecule has 2 nitrogen and oxygen atoms in total. The summed E-state index contributed by atoms with van der Waals surface area (Å²) in [5.74, 6) is 0. The molecule has 2 heteroatoms. The second-order valence-electron chi connectivity index (χ2n) is 4.93. The molecule has 0 aliphatic carbocycles. The Morgan fingerprint density at radius 3 is 1.55 bits per heavy atom. The molecule has 0 aliphatic rings. The van der Waals surface area contributed by atoms with Gasteiger partial charge in [-0.1, -0.05) is 29.8 Å². The van der Waals surface area contributed by atoms with Crippen LogP contribution in [0.1, 0.15) is 17.3 Å². The number of nitrogens with zero attached hydrogens (tertiary/aromatic N) is 2. The molecular weight excluding hydrogens is 244 g/mol. The van der Waals surface area contributed by atoms with Crippen molar-refractivity contribution in [3.63, 3.8) is 0 Å². The molecule has 0 atom stereocenters. The molecule has 3 rings (SSSR count). The van der Waals surface area contributed by atoms with Crippen LogP contribution in [0.15, 0.2) is 85.5 Å². The molecular formula is C18H18N2+2. The normalized spacial score (nSPS) is 10.7. The van der Waals surface area contributed by atoms with Gasteiger partial charge in [0.1, 0.15) is 0 Å². The van der Waals surface area contributed by atoms with Gasteiger partial charge in [0.25, 0.3) is 0 Å². The van der Waals surface area contributed by atoms with Crippen molar-refractivity contribution in [1.82, 2.24) is 0 Å². The molecule has 1 aromatic carbocycles. The number of aryl methyl sites for hydroxylation is 1.